The number of rotatable bonds is 8. The van der Waals surface area contributed by atoms with Gasteiger partial charge in [0.2, 0.25) is 11.8 Å². The first-order chi connectivity index (χ1) is 25.5. The van der Waals surface area contributed by atoms with E-state index >= 15 is 0 Å². The van der Waals surface area contributed by atoms with Crippen molar-refractivity contribution in [1.82, 2.24) is 0 Å². The fraction of sp³-hybridized carbons (Fsp3) is 0.244. The molecule has 2 heterocycles. The molecule has 8 rings (SSSR count). The number of hydrogen-bond acceptors (Lipinski definition) is 7. The van der Waals surface area contributed by atoms with Gasteiger partial charge in [-0.25, -0.2) is 9.29 Å². The predicted octanol–water partition coefficient (Wildman–Crippen LogP) is 6.20. The van der Waals surface area contributed by atoms with Gasteiger partial charge in [-0.15, -0.1) is 23.2 Å². The molecule has 0 bridgehead atoms. The van der Waals surface area contributed by atoms with Gasteiger partial charge in [0.05, 0.1) is 29.8 Å². The largest absolute Gasteiger partial charge is 0.491 e. The SMILES string of the molecule is O=C(c1ccccc1)c1ccc(N2C(=O)C3CC=C4C(CC5(Cl)C(=O)N(c6ccc(F)cc6)C(=O)C5(Cl)C4c4ccccc4OCCO)C3C2=O)cc1. The predicted molar refractivity (Wildman–Crippen MR) is 194 cm³/mol. The zero-order valence-corrected chi connectivity index (χ0v) is 29.5. The summed E-state index contributed by atoms with van der Waals surface area (Å²) < 4.78 is 19.9. The second-order valence-corrected chi connectivity index (χ2v) is 14.9. The first-order valence-corrected chi connectivity index (χ1v) is 17.9. The molecule has 3 fully saturated rings. The van der Waals surface area contributed by atoms with E-state index in [0.29, 0.717) is 22.3 Å². The number of ketones is 1. The van der Waals surface area contributed by atoms with E-state index in [1.807, 2.05) is 12.1 Å². The van der Waals surface area contributed by atoms with Crippen LogP contribution in [0.1, 0.15) is 40.2 Å². The van der Waals surface area contributed by atoms with E-state index in [9.17, 15) is 33.5 Å². The lowest BCUT2D eigenvalue weighted by molar-refractivity contribution is -0.125. The average Bonchev–Trinajstić information content (AvgIpc) is 3.52. The lowest BCUT2D eigenvalue weighted by Gasteiger charge is -2.50. The quantitative estimate of drug-likeness (QED) is 0.0986. The van der Waals surface area contributed by atoms with Gasteiger partial charge in [-0.3, -0.25) is 28.9 Å². The molecule has 2 saturated heterocycles. The number of alkyl halides is 2. The number of fused-ring (bicyclic) bond motifs is 4. The fourth-order valence-electron chi connectivity index (χ4n) is 8.52. The Hall–Kier alpha value is -5.16. The number of imide groups is 2. The summed E-state index contributed by atoms with van der Waals surface area (Å²) >= 11 is 14.9. The zero-order chi connectivity index (χ0) is 37.2. The fourth-order valence-corrected chi connectivity index (χ4v) is 9.45. The summed E-state index contributed by atoms with van der Waals surface area (Å²) in [5, 5.41) is 9.58. The highest BCUT2D eigenvalue weighted by Crippen LogP contribution is 2.66. The van der Waals surface area contributed by atoms with Crippen molar-refractivity contribution in [2.24, 2.45) is 17.8 Å². The van der Waals surface area contributed by atoms with Crippen molar-refractivity contribution in [3.05, 3.63) is 137 Å². The minimum atomic E-state index is -2.14. The Bertz CT molecular complexity index is 2210. The molecular formula is C41H31Cl2FN2O7. The number of nitrogens with zero attached hydrogens (tertiary/aromatic N) is 2. The van der Waals surface area contributed by atoms with Gasteiger partial charge in [0.15, 0.2) is 15.5 Å². The van der Waals surface area contributed by atoms with Crippen LogP contribution in [0.5, 0.6) is 5.75 Å². The van der Waals surface area contributed by atoms with Crippen LogP contribution in [0.2, 0.25) is 0 Å². The van der Waals surface area contributed by atoms with Gasteiger partial charge in [-0.1, -0.05) is 60.2 Å². The number of amides is 4. The number of halogens is 3. The highest BCUT2D eigenvalue weighted by atomic mass is 35.5. The maximum Gasteiger partial charge on any atom is 0.258 e. The summed E-state index contributed by atoms with van der Waals surface area (Å²) in [6, 6.07) is 26.6. The number of ether oxygens (including phenoxy) is 1. The second-order valence-electron chi connectivity index (χ2n) is 13.6. The number of benzene rings is 4. The van der Waals surface area contributed by atoms with Crippen LogP contribution in [0, 0.1) is 23.6 Å². The zero-order valence-electron chi connectivity index (χ0n) is 28.0. The average molecular weight is 754 g/mol. The number of aliphatic hydroxyl groups is 1. The maximum absolute atomic E-state index is 14.6. The minimum Gasteiger partial charge on any atom is -0.491 e. The van der Waals surface area contributed by atoms with Gasteiger partial charge in [0.25, 0.3) is 11.8 Å². The molecule has 4 aromatic rings. The van der Waals surface area contributed by atoms with E-state index in [0.717, 1.165) is 21.9 Å². The normalized spacial score (nSPS) is 27.7. The molecule has 6 atom stereocenters. The molecule has 2 aliphatic heterocycles. The van der Waals surface area contributed by atoms with E-state index in [1.54, 1.807) is 72.8 Å². The molecule has 0 spiro atoms. The molecule has 1 N–H and O–H groups in total. The number of para-hydroxylation sites is 1. The van der Waals surface area contributed by atoms with Crippen LogP contribution in [0.25, 0.3) is 0 Å². The van der Waals surface area contributed by atoms with E-state index in [1.165, 1.54) is 12.1 Å². The third-order valence-electron chi connectivity index (χ3n) is 10.9. The first kappa shape index (κ1) is 34.9. The Labute approximate surface area is 313 Å². The Morgan fingerprint density at radius 3 is 2.09 bits per heavy atom. The molecule has 268 valence electrons. The molecule has 1 saturated carbocycles. The molecule has 9 nitrogen and oxygen atoms in total. The molecule has 6 unspecified atom stereocenters. The highest BCUT2D eigenvalue weighted by Gasteiger charge is 2.77. The number of anilines is 2. The number of allylic oxidation sites excluding steroid dienone is 2. The van der Waals surface area contributed by atoms with Crippen molar-refractivity contribution < 1.29 is 38.2 Å². The van der Waals surface area contributed by atoms with Gasteiger partial charge in [-0.05, 0) is 73.4 Å². The lowest BCUT2D eigenvalue weighted by Crippen LogP contribution is -2.60. The highest BCUT2D eigenvalue weighted by molar-refractivity contribution is 6.58. The molecule has 4 aliphatic rings. The topological polar surface area (TPSA) is 121 Å². The maximum atomic E-state index is 14.6. The van der Waals surface area contributed by atoms with Crippen LogP contribution < -0.4 is 14.5 Å². The van der Waals surface area contributed by atoms with Crippen LogP contribution in [0.15, 0.2) is 115 Å². The summed E-state index contributed by atoms with van der Waals surface area (Å²) in [5.41, 5.74) is 2.21. The molecule has 2 aliphatic carbocycles. The van der Waals surface area contributed by atoms with Crippen molar-refractivity contribution in [2.75, 3.05) is 23.0 Å². The van der Waals surface area contributed by atoms with Gasteiger partial charge >= 0.3 is 0 Å². The first-order valence-electron chi connectivity index (χ1n) is 17.1. The van der Waals surface area contributed by atoms with E-state index < -0.39 is 62.9 Å². The molecule has 12 heteroatoms. The van der Waals surface area contributed by atoms with Gasteiger partial charge < -0.3 is 9.84 Å². The van der Waals surface area contributed by atoms with Crippen molar-refractivity contribution in [1.29, 1.82) is 0 Å². The number of aliphatic hydroxyl groups excluding tert-OH is 1. The third-order valence-corrected chi connectivity index (χ3v) is 12.3. The number of carbonyl (C=O) groups excluding carboxylic acids is 5. The summed E-state index contributed by atoms with van der Waals surface area (Å²) in [7, 11) is 0. The molecule has 0 radical (unpaired) electrons. The van der Waals surface area contributed by atoms with Crippen LogP contribution in [-0.4, -0.2) is 57.5 Å². The van der Waals surface area contributed by atoms with Gasteiger partial charge in [-0.2, -0.15) is 0 Å². The number of hydrogen-bond donors (Lipinski definition) is 1. The Morgan fingerprint density at radius 2 is 1.40 bits per heavy atom. The van der Waals surface area contributed by atoms with Gasteiger partial charge in [0.1, 0.15) is 18.2 Å². The Kier molecular flexibility index (Phi) is 8.59. The van der Waals surface area contributed by atoms with E-state index in [-0.39, 0.29) is 49.0 Å². The summed E-state index contributed by atoms with van der Waals surface area (Å²) in [5.74, 6) is -6.77. The minimum absolute atomic E-state index is 0.0710. The molecule has 53 heavy (non-hydrogen) atoms. The molecule has 4 aromatic carbocycles. The monoisotopic (exact) mass is 752 g/mol. The van der Waals surface area contributed by atoms with Crippen molar-refractivity contribution >= 4 is 64.0 Å². The summed E-state index contributed by atoms with van der Waals surface area (Å²) in [4.78, 5) is 68.5. The van der Waals surface area contributed by atoms with Gasteiger partial charge in [0, 0.05) is 22.6 Å². The number of carbonyl (C=O) groups is 5. The van der Waals surface area contributed by atoms with Crippen molar-refractivity contribution in [3.63, 3.8) is 0 Å². The van der Waals surface area contributed by atoms with Crippen molar-refractivity contribution in [3.8, 4) is 5.75 Å². The molecule has 0 aromatic heterocycles. The van der Waals surface area contributed by atoms with E-state index in [2.05, 4.69) is 0 Å². The second kappa shape index (κ2) is 13.1. The summed E-state index contributed by atoms with van der Waals surface area (Å²) in [6.45, 7) is -0.381. The standard InChI is InChI=1S/C41H31Cl2FN2O7/c42-40-22-31-28(18-19-30-33(31)37(50)45(36(30)49)26-14-10-24(11-15-26)35(48)23-6-2-1-3-7-23)34(29-8-4-5-9-32(29)53-21-20-47)41(40,43)39(52)46(38(40)51)27-16-12-25(44)13-17-27/h1-18,30-31,33-34,47H,19-22H2. The third kappa shape index (κ3) is 5.18. The van der Waals surface area contributed by atoms with Crippen LogP contribution in [0.4, 0.5) is 15.8 Å². The Morgan fingerprint density at radius 1 is 0.774 bits per heavy atom. The molecule has 4 amide bonds. The smallest absolute Gasteiger partial charge is 0.258 e. The lowest BCUT2D eigenvalue weighted by atomic mass is 9.56. The van der Waals surface area contributed by atoms with Crippen LogP contribution in [0.3, 0.4) is 0 Å². The summed E-state index contributed by atoms with van der Waals surface area (Å²) in [6.07, 6.45) is 1.71. The van der Waals surface area contributed by atoms with Crippen LogP contribution in [-0.2, 0) is 19.2 Å². The molecular weight excluding hydrogens is 722 g/mol. The van der Waals surface area contributed by atoms with Crippen LogP contribution >= 0.6 is 23.2 Å². The van der Waals surface area contributed by atoms with Crippen molar-refractivity contribution in [2.45, 2.75) is 28.5 Å². The Balaban J connectivity index is 1.21. The van der Waals surface area contributed by atoms with E-state index in [4.69, 9.17) is 27.9 Å².